The Labute approximate surface area is 138 Å². The first-order valence-corrected chi connectivity index (χ1v) is 7.17. The van der Waals surface area contributed by atoms with E-state index < -0.39 is 66.5 Å². The number of aromatic nitrogens is 2. The molecule has 1 aliphatic rings. The molecule has 11 nitrogen and oxygen atoms in total. The molecule has 1 aromatic heterocycles. The number of aliphatic hydroxyl groups excluding tert-OH is 1. The van der Waals surface area contributed by atoms with Crippen LogP contribution >= 0.6 is 0 Å². The standard InChI is InChI=1S/C13H16FN3O8/c14-5-3-17(13(23)16-11(5)21)9-2-7(18)8(25-9)4-24-12(22)6(15)1-10(19)20/h3,6-9,18H,1-2,4,15H2,(H,19,20)(H,16,21,23)/t6-,7-,8+,9+/m0/s1. The number of hydrogen-bond acceptors (Lipinski definition) is 8. The van der Waals surface area contributed by atoms with Crippen molar-refractivity contribution in [3.05, 3.63) is 32.9 Å². The van der Waals surface area contributed by atoms with Gasteiger partial charge in [0, 0.05) is 6.42 Å². The normalized spacial score (nSPS) is 24.0. The Balaban J connectivity index is 1.99. The summed E-state index contributed by atoms with van der Waals surface area (Å²) in [5.74, 6) is -3.47. The molecule has 0 aliphatic carbocycles. The number of carbonyl (C=O) groups is 2. The zero-order chi connectivity index (χ0) is 18.7. The van der Waals surface area contributed by atoms with E-state index >= 15 is 0 Å². The van der Waals surface area contributed by atoms with Gasteiger partial charge in [0.05, 0.1) is 18.7 Å². The number of rotatable bonds is 6. The summed E-state index contributed by atoms with van der Waals surface area (Å²) >= 11 is 0. The average Bonchev–Trinajstić information content (AvgIpc) is 2.88. The van der Waals surface area contributed by atoms with Gasteiger partial charge in [0.2, 0.25) is 5.82 Å². The third-order valence-corrected chi connectivity index (χ3v) is 3.53. The van der Waals surface area contributed by atoms with Gasteiger partial charge in [-0.15, -0.1) is 0 Å². The molecule has 0 unspecified atom stereocenters. The molecule has 0 spiro atoms. The molecule has 0 radical (unpaired) electrons. The Hall–Kier alpha value is -2.57. The van der Waals surface area contributed by atoms with E-state index in [1.807, 2.05) is 0 Å². The molecule has 0 amide bonds. The molecule has 1 aromatic rings. The molecule has 1 fully saturated rings. The van der Waals surface area contributed by atoms with Gasteiger partial charge in [0.25, 0.3) is 5.56 Å². The van der Waals surface area contributed by atoms with Crippen LogP contribution in [-0.4, -0.2) is 56.6 Å². The van der Waals surface area contributed by atoms with E-state index in [1.54, 1.807) is 4.98 Å². The fourth-order valence-corrected chi connectivity index (χ4v) is 2.25. The molecule has 2 heterocycles. The van der Waals surface area contributed by atoms with E-state index in [-0.39, 0.29) is 6.42 Å². The highest BCUT2D eigenvalue weighted by atomic mass is 19.1. The second-order valence-electron chi connectivity index (χ2n) is 5.41. The van der Waals surface area contributed by atoms with E-state index in [9.17, 15) is 28.7 Å². The van der Waals surface area contributed by atoms with E-state index in [0.29, 0.717) is 6.20 Å². The average molecular weight is 361 g/mol. The van der Waals surface area contributed by atoms with Gasteiger partial charge in [-0.1, -0.05) is 0 Å². The lowest BCUT2D eigenvalue weighted by Crippen LogP contribution is -2.37. The quantitative estimate of drug-likeness (QED) is 0.405. The SMILES string of the molecule is N[C@@H](CC(=O)O)C(=O)OC[C@H]1O[C@@H](n2cc(F)c(=O)[nH]c2=O)C[C@@H]1O. The molecule has 1 aliphatic heterocycles. The summed E-state index contributed by atoms with van der Waals surface area (Å²) in [6, 6.07) is -1.37. The summed E-state index contributed by atoms with van der Waals surface area (Å²) in [6.45, 7) is -0.440. The number of halogens is 1. The topological polar surface area (TPSA) is 174 Å². The summed E-state index contributed by atoms with van der Waals surface area (Å²) in [5.41, 5.74) is 3.22. The summed E-state index contributed by atoms with van der Waals surface area (Å²) in [7, 11) is 0. The number of carbonyl (C=O) groups excluding carboxylic acids is 1. The van der Waals surface area contributed by atoms with Gasteiger partial charge in [-0.2, -0.15) is 4.39 Å². The number of carboxylic acid groups (broad SMARTS) is 1. The van der Waals surface area contributed by atoms with E-state index in [1.165, 1.54) is 0 Å². The molecule has 12 heteroatoms. The first-order valence-electron chi connectivity index (χ1n) is 7.17. The van der Waals surface area contributed by atoms with Gasteiger partial charge < -0.3 is 25.4 Å². The van der Waals surface area contributed by atoms with Gasteiger partial charge in [-0.3, -0.25) is 23.9 Å². The zero-order valence-corrected chi connectivity index (χ0v) is 12.8. The third-order valence-electron chi connectivity index (χ3n) is 3.53. The van der Waals surface area contributed by atoms with E-state index in [0.717, 1.165) is 4.57 Å². The highest BCUT2D eigenvalue weighted by molar-refractivity contribution is 5.81. The second-order valence-corrected chi connectivity index (χ2v) is 5.41. The number of esters is 1. The van der Waals surface area contributed by atoms with Crippen molar-refractivity contribution in [3.8, 4) is 0 Å². The zero-order valence-electron chi connectivity index (χ0n) is 12.8. The van der Waals surface area contributed by atoms with Gasteiger partial charge in [0.15, 0.2) is 0 Å². The molecule has 0 aromatic carbocycles. The second kappa shape index (κ2) is 7.55. The number of hydrogen-bond donors (Lipinski definition) is 4. The Bertz CT molecular complexity index is 775. The summed E-state index contributed by atoms with van der Waals surface area (Å²) in [6.07, 6.45) is -3.35. The maximum atomic E-state index is 13.3. The molecular formula is C13H16FN3O8. The van der Waals surface area contributed by atoms with Crippen molar-refractivity contribution in [1.82, 2.24) is 9.55 Å². The van der Waals surface area contributed by atoms with Gasteiger partial charge in [-0.05, 0) is 0 Å². The molecule has 138 valence electrons. The molecule has 0 bridgehead atoms. The number of nitrogens with two attached hydrogens (primary N) is 1. The smallest absolute Gasteiger partial charge is 0.330 e. The lowest BCUT2D eigenvalue weighted by molar-refractivity contribution is -0.154. The number of carboxylic acids is 1. The van der Waals surface area contributed by atoms with Crippen LogP contribution in [0.15, 0.2) is 15.8 Å². The minimum absolute atomic E-state index is 0.116. The number of ether oxygens (including phenoxy) is 2. The number of aromatic amines is 1. The molecule has 2 rings (SSSR count). The number of aliphatic carboxylic acids is 1. The van der Waals surface area contributed by atoms with E-state index in [4.69, 9.17) is 20.3 Å². The summed E-state index contributed by atoms with van der Waals surface area (Å²) in [4.78, 5) is 46.4. The van der Waals surface area contributed by atoms with Gasteiger partial charge in [-0.25, -0.2) is 4.79 Å². The van der Waals surface area contributed by atoms with Crippen LogP contribution in [0.5, 0.6) is 0 Å². The minimum atomic E-state index is -1.37. The fraction of sp³-hybridized carbons (Fsp3) is 0.538. The van der Waals surface area contributed by atoms with Crippen LogP contribution in [0.4, 0.5) is 4.39 Å². The van der Waals surface area contributed by atoms with Crippen LogP contribution in [0.1, 0.15) is 19.1 Å². The maximum Gasteiger partial charge on any atom is 0.330 e. The van der Waals surface area contributed by atoms with Gasteiger partial charge in [0.1, 0.15) is 25.0 Å². The number of H-pyrrole nitrogens is 1. The van der Waals surface area contributed by atoms with E-state index in [2.05, 4.69) is 0 Å². The molecule has 0 saturated carbocycles. The van der Waals surface area contributed by atoms with Crippen LogP contribution in [0, 0.1) is 5.82 Å². The Morgan fingerprint density at radius 1 is 1.52 bits per heavy atom. The monoisotopic (exact) mass is 361 g/mol. The predicted octanol–water partition coefficient (Wildman–Crippen LogP) is -2.33. The molecule has 25 heavy (non-hydrogen) atoms. The Morgan fingerprint density at radius 2 is 2.20 bits per heavy atom. The van der Waals surface area contributed by atoms with Crippen molar-refractivity contribution >= 4 is 11.9 Å². The summed E-state index contributed by atoms with van der Waals surface area (Å²) < 4.78 is 24.2. The minimum Gasteiger partial charge on any atom is -0.481 e. The van der Waals surface area contributed by atoms with Crippen LogP contribution in [-0.2, 0) is 19.1 Å². The third kappa shape index (κ3) is 4.49. The molecule has 5 N–H and O–H groups in total. The highest BCUT2D eigenvalue weighted by Crippen LogP contribution is 2.27. The van der Waals surface area contributed by atoms with Crippen molar-refractivity contribution < 1.29 is 33.7 Å². The molecular weight excluding hydrogens is 345 g/mol. The maximum absolute atomic E-state index is 13.3. The Morgan fingerprint density at radius 3 is 2.84 bits per heavy atom. The van der Waals surface area contributed by atoms with Crippen LogP contribution in [0.3, 0.4) is 0 Å². The van der Waals surface area contributed by atoms with Crippen LogP contribution in [0.2, 0.25) is 0 Å². The lowest BCUT2D eigenvalue weighted by Gasteiger charge is -2.17. The predicted molar refractivity (Wildman–Crippen MR) is 77.0 cm³/mol. The van der Waals surface area contributed by atoms with Crippen LogP contribution in [0.25, 0.3) is 0 Å². The molecule has 4 atom stereocenters. The van der Waals surface area contributed by atoms with Crippen molar-refractivity contribution in [3.63, 3.8) is 0 Å². The Kier molecular flexibility index (Phi) is 5.66. The largest absolute Gasteiger partial charge is 0.481 e. The number of nitrogens with zero attached hydrogens (tertiary/aromatic N) is 1. The van der Waals surface area contributed by atoms with Crippen molar-refractivity contribution in [1.29, 1.82) is 0 Å². The first-order chi connectivity index (χ1) is 11.7. The highest BCUT2D eigenvalue weighted by Gasteiger charge is 2.37. The molecule has 1 saturated heterocycles. The summed E-state index contributed by atoms with van der Waals surface area (Å²) in [5, 5.41) is 18.5. The fourth-order valence-electron chi connectivity index (χ4n) is 2.25. The lowest BCUT2D eigenvalue weighted by atomic mass is 10.2. The van der Waals surface area contributed by atoms with Crippen molar-refractivity contribution in [2.75, 3.05) is 6.61 Å². The van der Waals surface area contributed by atoms with Crippen LogP contribution < -0.4 is 17.0 Å². The first kappa shape index (κ1) is 18.8. The van der Waals surface area contributed by atoms with Gasteiger partial charge >= 0.3 is 17.6 Å². The number of nitrogens with one attached hydrogen (secondary N) is 1. The van der Waals surface area contributed by atoms with Crippen molar-refractivity contribution in [2.45, 2.75) is 37.3 Å². The number of aliphatic hydroxyl groups is 1. The van der Waals surface area contributed by atoms with Crippen molar-refractivity contribution in [2.24, 2.45) is 5.73 Å².